The van der Waals surface area contributed by atoms with E-state index in [1.807, 2.05) is 42.5 Å². The SMILES string of the molecule is O=C(CCCCS(=O)Cc1ccccc1)c1ncc(-c2ccccn2)o1. The highest BCUT2D eigenvalue weighted by Crippen LogP contribution is 2.18. The molecular weight excluding hydrogens is 348 g/mol. The van der Waals surface area contributed by atoms with Gasteiger partial charge < -0.3 is 4.42 Å². The van der Waals surface area contributed by atoms with Crippen molar-refractivity contribution in [3.8, 4) is 11.5 Å². The zero-order chi connectivity index (χ0) is 18.2. The molecule has 3 aromatic rings. The third-order valence-electron chi connectivity index (χ3n) is 3.86. The molecule has 0 saturated carbocycles. The molecule has 26 heavy (non-hydrogen) atoms. The highest BCUT2D eigenvalue weighted by atomic mass is 32.2. The summed E-state index contributed by atoms with van der Waals surface area (Å²) in [6.07, 6.45) is 4.92. The number of carbonyl (C=O) groups is 1. The van der Waals surface area contributed by atoms with Crippen molar-refractivity contribution in [2.24, 2.45) is 0 Å². The van der Waals surface area contributed by atoms with Crippen LogP contribution in [0.15, 0.2) is 65.3 Å². The number of hydrogen-bond acceptors (Lipinski definition) is 5. The van der Waals surface area contributed by atoms with Gasteiger partial charge in [0.25, 0.3) is 5.89 Å². The third-order valence-corrected chi connectivity index (χ3v) is 5.26. The first-order chi connectivity index (χ1) is 12.7. The van der Waals surface area contributed by atoms with Gasteiger partial charge in [0.05, 0.1) is 6.20 Å². The molecule has 3 rings (SSSR count). The molecule has 134 valence electrons. The molecule has 5 nitrogen and oxygen atoms in total. The molecular formula is C20H20N2O3S. The zero-order valence-electron chi connectivity index (χ0n) is 14.3. The van der Waals surface area contributed by atoms with E-state index in [1.54, 1.807) is 12.3 Å². The fourth-order valence-electron chi connectivity index (χ4n) is 2.52. The first-order valence-corrected chi connectivity index (χ1v) is 10.0. The van der Waals surface area contributed by atoms with Crippen LogP contribution in [-0.2, 0) is 16.6 Å². The summed E-state index contributed by atoms with van der Waals surface area (Å²) in [6.45, 7) is 0. The molecule has 2 heterocycles. The van der Waals surface area contributed by atoms with Crippen LogP contribution >= 0.6 is 0 Å². The molecule has 1 unspecified atom stereocenters. The van der Waals surface area contributed by atoms with E-state index in [9.17, 15) is 9.00 Å². The maximum Gasteiger partial charge on any atom is 0.263 e. The number of carbonyl (C=O) groups excluding carboxylic acids is 1. The van der Waals surface area contributed by atoms with Crippen molar-refractivity contribution in [3.05, 3.63) is 72.4 Å². The van der Waals surface area contributed by atoms with E-state index in [1.165, 1.54) is 6.20 Å². The average molecular weight is 368 g/mol. The Hall–Kier alpha value is -2.60. The Kier molecular flexibility index (Phi) is 6.44. The quantitative estimate of drug-likeness (QED) is 0.421. The summed E-state index contributed by atoms with van der Waals surface area (Å²) in [7, 11) is -0.910. The Labute approximate surface area is 155 Å². The Morgan fingerprint density at radius 3 is 2.58 bits per heavy atom. The van der Waals surface area contributed by atoms with Crippen LogP contribution in [0.2, 0.25) is 0 Å². The van der Waals surface area contributed by atoms with Gasteiger partial charge in [0.15, 0.2) is 5.76 Å². The molecule has 1 atom stereocenters. The van der Waals surface area contributed by atoms with Gasteiger partial charge in [-0.2, -0.15) is 0 Å². The van der Waals surface area contributed by atoms with Crippen LogP contribution in [0.3, 0.4) is 0 Å². The van der Waals surface area contributed by atoms with Crippen molar-refractivity contribution in [2.45, 2.75) is 25.0 Å². The van der Waals surface area contributed by atoms with Crippen molar-refractivity contribution in [1.29, 1.82) is 0 Å². The van der Waals surface area contributed by atoms with Crippen molar-refractivity contribution in [2.75, 3.05) is 5.75 Å². The number of pyridine rings is 1. The van der Waals surface area contributed by atoms with Crippen LogP contribution in [-0.4, -0.2) is 25.7 Å². The van der Waals surface area contributed by atoms with Crippen LogP contribution in [0.25, 0.3) is 11.5 Å². The number of benzene rings is 1. The van der Waals surface area contributed by atoms with Crippen molar-refractivity contribution >= 4 is 16.6 Å². The Balaban J connectivity index is 1.42. The molecule has 0 radical (unpaired) electrons. The molecule has 0 spiro atoms. The molecule has 0 fully saturated rings. The second-order valence-corrected chi connectivity index (χ2v) is 7.48. The summed E-state index contributed by atoms with van der Waals surface area (Å²) in [5.41, 5.74) is 1.72. The smallest absolute Gasteiger partial charge is 0.263 e. The minimum atomic E-state index is -0.910. The van der Waals surface area contributed by atoms with Gasteiger partial charge in [0.2, 0.25) is 5.78 Å². The third kappa shape index (κ3) is 5.20. The second kappa shape index (κ2) is 9.20. The van der Waals surface area contributed by atoms with E-state index in [2.05, 4.69) is 9.97 Å². The summed E-state index contributed by atoms with van der Waals surface area (Å²) in [5.74, 6) is 1.60. The van der Waals surface area contributed by atoms with Gasteiger partial charge in [-0.1, -0.05) is 36.4 Å². The van der Waals surface area contributed by atoms with Gasteiger partial charge in [-0.3, -0.25) is 14.0 Å². The van der Waals surface area contributed by atoms with Crippen molar-refractivity contribution < 1.29 is 13.4 Å². The van der Waals surface area contributed by atoms with E-state index in [4.69, 9.17) is 4.42 Å². The number of hydrogen-bond donors (Lipinski definition) is 0. The molecule has 0 amide bonds. The Morgan fingerprint density at radius 1 is 1.00 bits per heavy atom. The maximum absolute atomic E-state index is 12.2. The van der Waals surface area contributed by atoms with E-state index >= 15 is 0 Å². The lowest BCUT2D eigenvalue weighted by Crippen LogP contribution is -2.03. The van der Waals surface area contributed by atoms with E-state index in [-0.39, 0.29) is 11.7 Å². The lowest BCUT2D eigenvalue weighted by molar-refractivity contribution is 0.0947. The van der Waals surface area contributed by atoms with Crippen LogP contribution in [0.5, 0.6) is 0 Å². The Morgan fingerprint density at radius 2 is 1.81 bits per heavy atom. The van der Waals surface area contributed by atoms with Crippen LogP contribution in [0.1, 0.15) is 35.5 Å². The topological polar surface area (TPSA) is 73.1 Å². The van der Waals surface area contributed by atoms with Crippen molar-refractivity contribution in [3.63, 3.8) is 0 Å². The van der Waals surface area contributed by atoms with Crippen molar-refractivity contribution in [1.82, 2.24) is 9.97 Å². The highest BCUT2D eigenvalue weighted by molar-refractivity contribution is 7.84. The summed E-state index contributed by atoms with van der Waals surface area (Å²) in [5, 5.41) is 0. The summed E-state index contributed by atoms with van der Waals surface area (Å²) in [6, 6.07) is 15.3. The van der Waals surface area contributed by atoms with Gasteiger partial charge >= 0.3 is 0 Å². The summed E-state index contributed by atoms with van der Waals surface area (Å²) >= 11 is 0. The molecule has 0 aliphatic heterocycles. The largest absolute Gasteiger partial charge is 0.432 e. The van der Waals surface area contributed by atoms with Gasteiger partial charge in [-0.25, -0.2) is 4.98 Å². The molecule has 0 aliphatic carbocycles. The maximum atomic E-state index is 12.2. The van der Waals surface area contributed by atoms with Crippen LogP contribution in [0, 0.1) is 0 Å². The summed E-state index contributed by atoms with van der Waals surface area (Å²) < 4.78 is 17.6. The predicted molar refractivity (Wildman–Crippen MR) is 101 cm³/mol. The number of ketones is 1. The lowest BCUT2D eigenvalue weighted by Gasteiger charge is -2.02. The monoisotopic (exact) mass is 368 g/mol. The first kappa shape index (κ1) is 18.2. The molecule has 2 aromatic heterocycles. The number of aromatic nitrogens is 2. The minimum Gasteiger partial charge on any atom is -0.432 e. The van der Waals surface area contributed by atoms with E-state index in [0.717, 1.165) is 12.0 Å². The van der Waals surface area contributed by atoms with Crippen LogP contribution in [0.4, 0.5) is 0 Å². The molecule has 0 bridgehead atoms. The molecule has 0 saturated heterocycles. The molecule has 1 aromatic carbocycles. The molecule has 0 N–H and O–H groups in total. The van der Waals surface area contributed by atoms with Crippen LogP contribution < -0.4 is 0 Å². The lowest BCUT2D eigenvalue weighted by atomic mass is 10.2. The average Bonchev–Trinajstić information content (AvgIpc) is 3.17. The van der Waals surface area contributed by atoms with Gasteiger partial charge in [-0.15, -0.1) is 0 Å². The number of unbranched alkanes of at least 4 members (excludes halogenated alkanes) is 1. The summed E-state index contributed by atoms with van der Waals surface area (Å²) in [4.78, 5) is 20.4. The number of oxazole rings is 1. The van der Waals surface area contributed by atoms with Gasteiger partial charge in [0, 0.05) is 34.9 Å². The van der Waals surface area contributed by atoms with E-state index in [0.29, 0.717) is 35.8 Å². The zero-order valence-corrected chi connectivity index (χ0v) is 15.2. The van der Waals surface area contributed by atoms with Gasteiger partial charge in [-0.05, 0) is 30.5 Å². The highest BCUT2D eigenvalue weighted by Gasteiger charge is 2.14. The normalized spacial score (nSPS) is 12.0. The number of nitrogens with zero attached hydrogens (tertiary/aromatic N) is 2. The fourth-order valence-corrected chi connectivity index (χ4v) is 3.75. The molecule has 0 aliphatic rings. The fraction of sp³-hybridized carbons (Fsp3) is 0.250. The second-order valence-electron chi connectivity index (χ2n) is 5.90. The standard InChI is InChI=1S/C20H20N2O3S/c23-18(20-22-14-19(25-20)17-10-4-6-12-21-17)11-5-7-13-26(24)15-16-8-2-1-3-9-16/h1-4,6,8-10,12,14H,5,7,11,13,15H2. The first-order valence-electron chi connectivity index (χ1n) is 8.52. The Bertz CT molecular complexity index is 863. The predicted octanol–water partition coefficient (Wildman–Crippen LogP) is 4.04. The number of rotatable bonds is 9. The molecule has 6 heteroatoms. The number of Topliss-reactive ketones (excluding diaryl/α,β-unsaturated/α-hetero) is 1. The minimum absolute atomic E-state index is 0.107. The van der Waals surface area contributed by atoms with E-state index < -0.39 is 10.8 Å². The van der Waals surface area contributed by atoms with Gasteiger partial charge in [0.1, 0.15) is 5.69 Å².